The zero-order valence-corrected chi connectivity index (χ0v) is 11.1. The molecule has 4 heteroatoms. The molecule has 3 rings (SSSR count). The van der Waals surface area contributed by atoms with Crippen LogP contribution < -0.4 is 5.32 Å². The van der Waals surface area contributed by atoms with E-state index in [1.165, 1.54) is 25.0 Å². The molecule has 2 heterocycles. The van der Waals surface area contributed by atoms with Crippen molar-refractivity contribution >= 4 is 0 Å². The van der Waals surface area contributed by atoms with Crippen LogP contribution in [0.15, 0.2) is 30.5 Å². The van der Waals surface area contributed by atoms with E-state index in [2.05, 4.69) is 17.3 Å². The number of hydrogen-bond acceptors (Lipinski definition) is 2. The lowest BCUT2D eigenvalue weighted by Crippen LogP contribution is -2.27. The average molecular weight is 259 g/mol. The Morgan fingerprint density at radius 1 is 1.37 bits per heavy atom. The lowest BCUT2D eigenvalue weighted by molar-refractivity contribution is 0.469. The van der Waals surface area contributed by atoms with Crippen LogP contribution in [0.4, 0.5) is 4.39 Å². The molecule has 0 saturated carbocycles. The van der Waals surface area contributed by atoms with Crippen LogP contribution in [0, 0.1) is 12.7 Å². The van der Waals surface area contributed by atoms with Gasteiger partial charge < -0.3 is 5.32 Å². The first kappa shape index (κ1) is 12.4. The van der Waals surface area contributed by atoms with E-state index < -0.39 is 0 Å². The maximum Gasteiger partial charge on any atom is 0.123 e. The van der Waals surface area contributed by atoms with Crippen LogP contribution in [0.2, 0.25) is 0 Å². The molecule has 100 valence electrons. The minimum atomic E-state index is -0.205. The summed E-state index contributed by atoms with van der Waals surface area (Å²) in [6.07, 6.45) is 4.33. The number of aromatic nitrogens is 2. The lowest BCUT2D eigenvalue weighted by Gasteiger charge is -2.12. The van der Waals surface area contributed by atoms with Gasteiger partial charge in [0.25, 0.3) is 0 Å². The third kappa shape index (κ3) is 2.54. The Morgan fingerprint density at radius 3 is 2.84 bits per heavy atom. The van der Waals surface area contributed by atoms with Gasteiger partial charge in [0.2, 0.25) is 0 Å². The van der Waals surface area contributed by atoms with Crippen molar-refractivity contribution in [2.24, 2.45) is 0 Å². The number of halogens is 1. The van der Waals surface area contributed by atoms with Gasteiger partial charge in [0, 0.05) is 17.3 Å². The Balaban J connectivity index is 1.83. The molecule has 0 radical (unpaired) electrons. The van der Waals surface area contributed by atoms with Crippen molar-refractivity contribution in [2.45, 2.75) is 32.4 Å². The van der Waals surface area contributed by atoms with Gasteiger partial charge in [0.1, 0.15) is 5.82 Å². The molecule has 19 heavy (non-hydrogen) atoms. The maximum atomic E-state index is 12.9. The molecule has 0 aliphatic carbocycles. The second-order valence-electron chi connectivity index (χ2n) is 5.13. The lowest BCUT2D eigenvalue weighted by atomic mass is 10.1. The Bertz CT molecular complexity index is 553. The van der Waals surface area contributed by atoms with Crippen LogP contribution in [0.3, 0.4) is 0 Å². The summed E-state index contributed by atoms with van der Waals surface area (Å²) in [5, 5.41) is 7.94. The number of nitrogens with zero attached hydrogens (tertiary/aromatic N) is 2. The second-order valence-corrected chi connectivity index (χ2v) is 5.13. The van der Waals surface area contributed by atoms with Crippen molar-refractivity contribution in [2.75, 3.05) is 6.54 Å². The van der Waals surface area contributed by atoms with E-state index in [-0.39, 0.29) is 5.82 Å². The molecule has 0 spiro atoms. The normalized spacial score (nSPS) is 18.9. The van der Waals surface area contributed by atoms with Gasteiger partial charge in [0.15, 0.2) is 0 Å². The molecule has 0 bridgehead atoms. The van der Waals surface area contributed by atoms with Crippen LogP contribution in [-0.2, 0) is 6.54 Å². The molecule has 1 N–H and O–H groups in total. The highest BCUT2D eigenvalue weighted by molar-refractivity contribution is 5.64. The highest BCUT2D eigenvalue weighted by Crippen LogP contribution is 2.23. The van der Waals surface area contributed by atoms with Crippen molar-refractivity contribution in [3.8, 4) is 11.1 Å². The third-order valence-electron chi connectivity index (χ3n) is 3.81. The Kier molecular flexibility index (Phi) is 3.34. The predicted octanol–water partition coefficient (Wildman–Crippen LogP) is 2.75. The molecule has 1 aromatic heterocycles. The Morgan fingerprint density at radius 2 is 2.16 bits per heavy atom. The Hall–Kier alpha value is -1.68. The van der Waals surface area contributed by atoms with Gasteiger partial charge in [-0.25, -0.2) is 4.39 Å². The summed E-state index contributed by atoms with van der Waals surface area (Å²) >= 11 is 0. The van der Waals surface area contributed by atoms with Gasteiger partial charge in [-0.2, -0.15) is 5.10 Å². The fourth-order valence-corrected chi connectivity index (χ4v) is 2.66. The molecule has 2 aromatic rings. The first-order valence-corrected chi connectivity index (χ1v) is 6.76. The van der Waals surface area contributed by atoms with Crippen LogP contribution in [-0.4, -0.2) is 22.4 Å². The van der Waals surface area contributed by atoms with E-state index in [0.29, 0.717) is 6.04 Å². The smallest absolute Gasteiger partial charge is 0.123 e. The summed E-state index contributed by atoms with van der Waals surface area (Å²) in [6.45, 7) is 4.09. The minimum Gasteiger partial charge on any atom is -0.312 e. The van der Waals surface area contributed by atoms with Crippen LogP contribution in [0.25, 0.3) is 11.1 Å². The topological polar surface area (TPSA) is 29.9 Å². The average Bonchev–Trinajstić information content (AvgIpc) is 3.03. The largest absolute Gasteiger partial charge is 0.312 e. The van der Waals surface area contributed by atoms with Crippen molar-refractivity contribution in [3.05, 3.63) is 42.0 Å². The summed E-state index contributed by atoms with van der Waals surface area (Å²) in [7, 11) is 0. The Labute approximate surface area is 112 Å². The molecule has 1 aliphatic heterocycles. The van der Waals surface area contributed by atoms with Crippen LogP contribution >= 0.6 is 0 Å². The van der Waals surface area contributed by atoms with E-state index in [9.17, 15) is 4.39 Å². The predicted molar refractivity (Wildman–Crippen MR) is 73.4 cm³/mol. The molecule has 1 saturated heterocycles. The van der Waals surface area contributed by atoms with Gasteiger partial charge in [-0.15, -0.1) is 0 Å². The summed E-state index contributed by atoms with van der Waals surface area (Å²) in [6, 6.07) is 7.12. The molecule has 1 atom stereocenters. The monoisotopic (exact) mass is 259 g/mol. The number of hydrogen-bond donors (Lipinski definition) is 1. The van der Waals surface area contributed by atoms with Crippen molar-refractivity contribution in [1.82, 2.24) is 15.1 Å². The fraction of sp³-hybridized carbons (Fsp3) is 0.400. The van der Waals surface area contributed by atoms with Crippen molar-refractivity contribution in [3.63, 3.8) is 0 Å². The van der Waals surface area contributed by atoms with E-state index >= 15 is 0 Å². The quantitative estimate of drug-likeness (QED) is 0.918. The molecular formula is C15H18FN3. The highest BCUT2D eigenvalue weighted by atomic mass is 19.1. The molecule has 1 unspecified atom stereocenters. The van der Waals surface area contributed by atoms with Crippen molar-refractivity contribution in [1.29, 1.82) is 0 Å². The van der Waals surface area contributed by atoms with E-state index in [0.717, 1.165) is 29.9 Å². The molecule has 3 nitrogen and oxygen atoms in total. The van der Waals surface area contributed by atoms with Gasteiger partial charge in [-0.3, -0.25) is 4.68 Å². The first-order chi connectivity index (χ1) is 9.24. The van der Waals surface area contributed by atoms with Gasteiger partial charge >= 0.3 is 0 Å². The van der Waals surface area contributed by atoms with Crippen LogP contribution in [0.1, 0.15) is 18.5 Å². The number of benzene rings is 1. The molecule has 1 aliphatic rings. The van der Waals surface area contributed by atoms with Crippen LogP contribution in [0.5, 0.6) is 0 Å². The summed E-state index contributed by atoms with van der Waals surface area (Å²) < 4.78 is 15.0. The second kappa shape index (κ2) is 5.13. The van der Waals surface area contributed by atoms with E-state index in [1.54, 1.807) is 12.1 Å². The summed E-state index contributed by atoms with van der Waals surface area (Å²) in [5.41, 5.74) is 3.24. The molecule has 1 aromatic carbocycles. The summed E-state index contributed by atoms with van der Waals surface area (Å²) in [4.78, 5) is 0. The third-order valence-corrected chi connectivity index (χ3v) is 3.81. The fourth-order valence-electron chi connectivity index (χ4n) is 2.66. The zero-order valence-electron chi connectivity index (χ0n) is 11.1. The van der Waals surface area contributed by atoms with E-state index in [1.807, 2.05) is 10.9 Å². The maximum absolute atomic E-state index is 12.9. The number of rotatable bonds is 3. The number of nitrogens with one attached hydrogen (secondary N) is 1. The molecule has 1 fully saturated rings. The standard InChI is InChI=1S/C15H18FN3/c1-11-15(12-4-6-13(16)7-5-12)9-18-19(11)10-14-3-2-8-17-14/h4-7,9,14,17H,2-3,8,10H2,1H3. The van der Waals surface area contributed by atoms with Crippen molar-refractivity contribution < 1.29 is 4.39 Å². The van der Waals surface area contributed by atoms with Gasteiger partial charge in [-0.1, -0.05) is 12.1 Å². The zero-order chi connectivity index (χ0) is 13.2. The van der Waals surface area contributed by atoms with Gasteiger partial charge in [-0.05, 0) is 44.0 Å². The van der Waals surface area contributed by atoms with Gasteiger partial charge in [0.05, 0.1) is 12.7 Å². The minimum absolute atomic E-state index is 0.205. The highest BCUT2D eigenvalue weighted by Gasteiger charge is 2.17. The van der Waals surface area contributed by atoms with E-state index in [4.69, 9.17) is 0 Å². The molecule has 0 amide bonds. The molecular weight excluding hydrogens is 241 g/mol. The summed E-state index contributed by atoms with van der Waals surface area (Å²) in [5.74, 6) is -0.205. The SMILES string of the molecule is Cc1c(-c2ccc(F)cc2)cnn1CC1CCCN1. The first-order valence-electron chi connectivity index (χ1n) is 6.76.